The Morgan fingerprint density at radius 3 is 2.80 bits per heavy atom. The van der Waals surface area contributed by atoms with Crippen LogP contribution in [0.3, 0.4) is 0 Å². The van der Waals surface area contributed by atoms with Gasteiger partial charge in [-0.3, -0.25) is 4.90 Å². The van der Waals surface area contributed by atoms with Gasteiger partial charge in [0, 0.05) is 18.6 Å². The zero-order valence-corrected chi connectivity index (χ0v) is 12.9. The van der Waals surface area contributed by atoms with E-state index >= 15 is 0 Å². The molecule has 0 aromatic carbocycles. The minimum absolute atomic E-state index is 0.259. The lowest BCUT2D eigenvalue weighted by molar-refractivity contribution is 0.0204. The minimum Gasteiger partial charge on any atom is -0.303 e. The molecule has 1 aliphatic carbocycles. The Labute approximate surface area is 123 Å². The lowest BCUT2D eigenvalue weighted by Crippen LogP contribution is -2.55. The quantitative estimate of drug-likeness (QED) is 0.829. The van der Waals surface area contributed by atoms with Crippen LogP contribution in [0.1, 0.15) is 38.5 Å². The van der Waals surface area contributed by atoms with Crippen molar-refractivity contribution in [3.63, 3.8) is 0 Å². The Bertz CT molecular complexity index is 390. The fourth-order valence-electron chi connectivity index (χ4n) is 4.73. The van der Waals surface area contributed by atoms with Crippen molar-refractivity contribution in [2.75, 3.05) is 33.7 Å². The van der Waals surface area contributed by atoms with Crippen LogP contribution in [-0.2, 0) is 0 Å². The fraction of sp³-hybridized carbons (Fsp3) is 0.938. The smallest absolute Gasteiger partial charge is 0.108 e. The summed E-state index contributed by atoms with van der Waals surface area (Å²) in [5.41, 5.74) is -0.259. The Morgan fingerprint density at radius 2 is 2.10 bits per heavy atom. The number of rotatable bonds is 2. The molecule has 1 saturated carbocycles. The summed E-state index contributed by atoms with van der Waals surface area (Å²) in [6.07, 6.45) is 7.27. The van der Waals surface area contributed by atoms with Crippen molar-refractivity contribution in [3.05, 3.63) is 0 Å². The zero-order chi connectivity index (χ0) is 14.2. The lowest BCUT2D eigenvalue weighted by atomic mass is 9.83. The molecule has 0 amide bonds. The molecule has 3 rings (SSSR count). The molecule has 0 aromatic heterocycles. The monoisotopic (exact) mass is 276 g/mol. The maximum atomic E-state index is 9.42. The van der Waals surface area contributed by atoms with Crippen LogP contribution in [0.5, 0.6) is 0 Å². The Balaban J connectivity index is 1.62. The number of nitriles is 1. The van der Waals surface area contributed by atoms with Crippen molar-refractivity contribution in [2.45, 2.75) is 56.1 Å². The van der Waals surface area contributed by atoms with Crippen molar-refractivity contribution in [3.8, 4) is 6.07 Å². The standard InChI is InChI=1S/C16H28N4/c1-18-16(12-17)7-5-14(10-16)20-9-6-15-13(11-20)4-3-8-19(15)2/h13-15,18H,3-11H2,1-2H3. The summed E-state index contributed by atoms with van der Waals surface area (Å²) in [5.74, 6) is 0.856. The molecule has 0 radical (unpaired) electrons. The van der Waals surface area contributed by atoms with Gasteiger partial charge in [-0.25, -0.2) is 0 Å². The van der Waals surface area contributed by atoms with Gasteiger partial charge < -0.3 is 10.2 Å². The third kappa shape index (κ3) is 2.47. The zero-order valence-electron chi connectivity index (χ0n) is 12.9. The molecule has 1 N–H and O–H groups in total. The van der Waals surface area contributed by atoms with Crippen molar-refractivity contribution < 1.29 is 0 Å². The predicted octanol–water partition coefficient (Wildman–Crippen LogP) is 1.44. The van der Waals surface area contributed by atoms with Gasteiger partial charge >= 0.3 is 0 Å². The first kappa shape index (κ1) is 14.3. The third-order valence-electron chi connectivity index (χ3n) is 6.07. The highest BCUT2D eigenvalue weighted by Crippen LogP contribution is 2.37. The molecule has 0 spiro atoms. The summed E-state index contributed by atoms with van der Waals surface area (Å²) < 4.78 is 0. The molecule has 112 valence electrons. The Kier molecular flexibility index (Phi) is 4.03. The van der Waals surface area contributed by atoms with Crippen LogP contribution in [0.25, 0.3) is 0 Å². The van der Waals surface area contributed by atoms with Crippen LogP contribution in [0, 0.1) is 17.2 Å². The summed E-state index contributed by atoms with van der Waals surface area (Å²) >= 11 is 0. The normalized spacial score (nSPS) is 43.1. The van der Waals surface area contributed by atoms with Crippen LogP contribution in [0.4, 0.5) is 0 Å². The third-order valence-corrected chi connectivity index (χ3v) is 6.07. The first-order valence-electron chi connectivity index (χ1n) is 8.22. The molecule has 4 atom stereocenters. The van der Waals surface area contributed by atoms with E-state index in [9.17, 15) is 5.26 Å². The van der Waals surface area contributed by atoms with Crippen molar-refractivity contribution in [2.24, 2.45) is 5.92 Å². The topological polar surface area (TPSA) is 42.3 Å². The number of piperidine rings is 2. The van der Waals surface area contributed by atoms with Crippen LogP contribution < -0.4 is 5.32 Å². The van der Waals surface area contributed by atoms with Gasteiger partial charge in [0.25, 0.3) is 0 Å². The average molecular weight is 276 g/mol. The lowest BCUT2D eigenvalue weighted by Gasteiger charge is -2.47. The second-order valence-electron chi connectivity index (χ2n) is 7.07. The average Bonchev–Trinajstić information content (AvgIpc) is 2.92. The van der Waals surface area contributed by atoms with Gasteiger partial charge in [-0.05, 0) is 71.6 Å². The van der Waals surface area contributed by atoms with E-state index in [0.717, 1.165) is 24.8 Å². The van der Waals surface area contributed by atoms with Crippen LogP contribution >= 0.6 is 0 Å². The summed E-state index contributed by atoms with van der Waals surface area (Å²) in [7, 11) is 4.23. The maximum absolute atomic E-state index is 9.42. The van der Waals surface area contributed by atoms with E-state index in [4.69, 9.17) is 0 Å². The van der Waals surface area contributed by atoms with E-state index < -0.39 is 0 Å². The van der Waals surface area contributed by atoms with Gasteiger partial charge in [0.15, 0.2) is 0 Å². The molecule has 2 saturated heterocycles. The molecule has 20 heavy (non-hydrogen) atoms. The molecule has 2 aliphatic heterocycles. The summed E-state index contributed by atoms with van der Waals surface area (Å²) in [4.78, 5) is 5.27. The van der Waals surface area contributed by atoms with Crippen LogP contribution in [-0.4, -0.2) is 61.2 Å². The molecule has 3 aliphatic rings. The van der Waals surface area contributed by atoms with E-state index in [2.05, 4.69) is 28.2 Å². The van der Waals surface area contributed by atoms with E-state index in [1.54, 1.807) is 0 Å². The molecule has 2 heterocycles. The van der Waals surface area contributed by atoms with E-state index in [1.165, 1.54) is 45.3 Å². The van der Waals surface area contributed by atoms with E-state index in [0.29, 0.717) is 6.04 Å². The highest BCUT2D eigenvalue weighted by Gasteiger charge is 2.43. The molecule has 0 bridgehead atoms. The van der Waals surface area contributed by atoms with Crippen LogP contribution in [0.2, 0.25) is 0 Å². The Hall–Kier alpha value is -0.630. The number of fused-ring (bicyclic) bond motifs is 1. The first-order valence-corrected chi connectivity index (χ1v) is 8.22. The summed E-state index contributed by atoms with van der Waals surface area (Å²) in [6.45, 7) is 3.76. The molecular weight excluding hydrogens is 248 g/mol. The highest BCUT2D eigenvalue weighted by molar-refractivity contribution is 5.13. The molecule has 0 aromatic rings. The summed E-state index contributed by atoms with van der Waals surface area (Å²) in [6, 6.07) is 3.95. The molecular formula is C16H28N4. The van der Waals surface area contributed by atoms with Gasteiger partial charge in [0.2, 0.25) is 0 Å². The number of likely N-dealkylation sites (tertiary alicyclic amines) is 2. The van der Waals surface area contributed by atoms with Crippen molar-refractivity contribution in [1.82, 2.24) is 15.1 Å². The second kappa shape index (κ2) is 5.63. The van der Waals surface area contributed by atoms with E-state index in [-0.39, 0.29) is 5.54 Å². The minimum atomic E-state index is -0.259. The number of nitrogens with one attached hydrogen (secondary N) is 1. The summed E-state index contributed by atoms with van der Waals surface area (Å²) in [5, 5.41) is 12.7. The van der Waals surface area contributed by atoms with Crippen LogP contribution in [0.15, 0.2) is 0 Å². The molecule has 3 fully saturated rings. The number of nitrogens with zero attached hydrogens (tertiary/aromatic N) is 3. The van der Waals surface area contributed by atoms with E-state index in [1.807, 2.05) is 7.05 Å². The maximum Gasteiger partial charge on any atom is 0.108 e. The second-order valence-corrected chi connectivity index (χ2v) is 7.07. The van der Waals surface area contributed by atoms with Gasteiger partial charge in [-0.2, -0.15) is 5.26 Å². The van der Waals surface area contributed by atoms with Crippen molar-refractivity contribution in [1.29, 1.82) is 5.26 Å². The molecule has 4 heteroatoms. The molecule has 4 unspecified atom stereocenters. The van der Waals surface area contributed by atoms with Crippen molar-refractivity contribution >= 4 is 0 Å². The van der Waals surface area contributed by atoms with Gasteiger partial charge in [0.1, 0.15) is 5.54 Å². The Morgan fingerprint density at radius 1 is 1.25 bits per heavy atom. The highest BCUT2D eigenvalue weighted by atomic mass is 15.2. The van der Waals surface area contributed by atoms with Gasteiger partial charge in [-0.15, -0.1) is 0 Å². The van der Waals surface area contributed by atoms with Gasteiger partial charge in [0.05, 0.1) is 6.07 Å². The largest absolute Gasteiger partial charge is 0.303 e. The van der Waals surface area contributed by atoms with Gasteiger partial charge in [-0.1, -0.05) is 0 Å². The number of hydrogen-bond acceptors (Lipinski definition) is 4. The molecule has 4 nitrogen and oxygen atoms in total. The SMILES string of the molecule is CNC1(C#N)CCC(N2CCC3C(CCCN3C)C2)C1. The fourth-order valence-corrected chi connectivity index (χ4v) is 4.73. The number of hydrogen-bond donors (Lipinski definition) is 1. The predicted molar refractivity (Wildman–Crippen MR) is 80.4 cm³/mol. The first-order chi connectivity index (χ1) is 9.67.